The van der Waals surface area contributed by atoms with E-state index in [0.29, 0.717) is 0 Å². The van der Waals surface area contributed by atoms with Crippen molar-refractivity contribution in [1.29, 1.82) is 0 Å². The van der Waals surface area contributed by atoms with Gasteiger partial charge in [0.2, 0.25) is 0 Å². The first-order chi connectivity index (χ1) is 9.87. The highest BCUT2D eigenvalue weighted by atomic mass is 32.2. The summed E-state index contributed by atoms with van der Waals surface area (Å²) < 4.78 is 27.0. The number of esters is 1. The molecular formula is C16H18O4S. The summed E-state index contributed by atoms with van der Waals surface area (Å²) in [7, 11) is -3.12. The number of rotatable bonds is 5. The molecule has 1 atom stereocenters. The second-order valence-electron chi connectivity index (χ2n) is 5.13. The van der Waals surface area contributed by atoms with Crippen molar-refractivity contribution >= 4 is 26.6 Å². The third kappa shape index (κ3) is 4.29. The minimum atomic E-state index is -3.12. The minimum absolute atomic E-state index is 0.102. The maximum atomic E-state index is 11.9. The van der Waals surface area contributed by atoms with E-state index in [1.54, 1.807) is 6.92 Å². The van der Waals surface area contributed by atoms with E-state index in [2.05, 4.69) is 0 Å². The van der Waals surface area contributed by atoms with E-state index in [9.17, 15) is 13.2 Å². The van der Waals surface area contributed by atoms with E-state index < -0.39 is 21.7 Å². The Morgan fingerprint density at radius 2 is 1.81 bits per heavy atom. The highest BCUT2D eigenvalue weighted by Gasteiger charge is 2.17. The quantitative estimate of drug-likeness (QED) is 0.796. The van der Waals surface area contributed by atoms with Crippen molar-refractivity contribution in [3.63, 3.8) is 0 Å². The first-order valence-electron chi connectivity index (χ1n) is 6.70. The zero-order valence-corrected chi connectivity index (χ0v) is 12.9. The molecule has 0 saturated heterocycles. The smallest absolute Gasteiger partial charge is 0.313 e. The Morgan fingerprint density at radius 3 is 2.48 bits per heavy atom. The molecule has 0 fully saturated rings. The molecular weight excluding hydrogens is 288 g/mol. The van der Waals surface area contributed by atoms with Crippen molar-refractivity contribution in [2.75, 3.05) is 18.6 Å². The molecule has 0 aliphatic heterocycles. The van der Waals surface area contributed by atoms with Crippen molar-refractivity contribution in [2.24, 2.45) is 0 Å². The molecule has 4 nitrogen and oxygen atoms in total. The largest absolute Gasteiger partial charge is 0.464 e. The second kappa shape index (κ2) is 6.26. The maximum absolute atomic E-state index is 11.9. The Labute approximate surface area is 124 Å². The maximum Gasteiger partial charge on any atom is 0.313 e. The van der Waals surface area contributed by atoms with Crippen molar-refractivity contribution in [3.8, 4) is 0 Å². The Kier molecular flexibility index (Phi) is 4.63. The number of sulfone groups is 1. The van der Waals surface area contributed by atoms with Crippen LogP contribution in [0.5, 0.6) is 0 Å². The van der Waals surface area contributed by atoms with Crippen molar-refractivity contribution in [3.05, 3.63) is 48.0 Å². The Balaban J connectivity index is 2.06. The van der Waals surface area contributed by atoms with E-state index in [1.165, 1.54) is 0 Å². The van der Waals surface area contributed by atoms with Gasteiger partial charge in [0.25, 0.3) is 0 Å². The van der Waals surface area contributed by atoms with Gasteiger partial charge < -0.3 is 4.74 Å². The van der Waals surface area contributed by atoms with Crippen LogP contribution in [-0.4, -0.2) is 33.0 Å². The van der Waals surface area contributed by atoms with E-state index in [1.807, 2.05) is 42.5 Å². The highest BCUT2D eigenvalue weighted by molar-refractivity contribution is 7.90. The van der Waals surface area contributed by atoms with Gasteiger partial charge in [0, 0.05) is 6.26 Å². The molecule has 1 unspecified atom stereocenters. The summed E-state index contributed by atoms with van der Waals surface area (Å²) in [5, 5.41) is 2.17. The molecule has 2 aromatic rings. The summed E-state index contributed by atoms with van der Waals surface area (Å²) in [6, 6.07) is 13.7. The van der Waals surface area contributed by atoms with Gasteiger partial charge in [-0.15, -0.1) is 0 Å². The number of hydrogen-bond acceptors (Lipinski definition) is 4. The molecule has 0 aromatic heterocycles. The topological polar surface area (TPSA) is 60.4 Å². The summed E-state index contributed by atoms with van der Waals surface area (Å²) in [5.74, 6) is -0.980. The molecule has 0 saturated carbocycles. The van der Waals surface area contributed by atoms with Crippen LogP contribution >= 0.6 is 0 Å². The van der Waals surface area contributed by atoms with Crippen LogP contribution in [0.15, 0.2) is 42.5 Å². The molecule has 2 aromatic carbocycles. The number of benzene rings is 2. The molecule has 0 aliphatic rings. The van der Waals surface area contributed by atoms with Gasteiger partial charge in [0.05, 0.1) is 11.7 Å². The summed E-state index contributed by atoms with van der Waals surface area (Å²) in [5.41, 5.74) is 0.859. The molecule has 0 bridgehead atoms. The highest BCUT2D eigenvalue weighted by Crippen LogP contribution is 2.22. The van der Waals surface area contributed by atoms with Gasteiger partial charge in [-0.1, -0.05) is 42.5 Å². The standard InChI is InChI=1S/C16H18O4S/c1-12(16(17)20-9-10-21(2,18)19)14-8-7-13-5-3-4-6-15(13)11-14/h3-8,11-12H,9-10H2,1-2H3. The first kappa shape index (κ1) is 15.5. The van der Waals surface area contributed by atoms with Gasteiger partial charge in [-0.05, 0) is 23.3 Å². The molecule has 5 heteroatoms. The fourth-order valence-electron chi connectivity index (χ4n) is 2.03. The minimum Gasteiger partial charge on any atom is -0.464 e. The number of hydrogen-bond donors (Lipinski definition) is 0. The molecule has 0 spiro atoms. The van der Waals surface area contributed by atoms with Gasteiger partial charge >= 0.3 is 5.97 Å². The van der Waals surface area contributed by atoms with Gasteiger partial charge in [-0.3, -0.25) is 4.79 Å². The Hall–Kier alpha value is -1.88. The average molecular weight is 306 g/mol. The second-order valence-corrected chi connectivity index (χ2v) is 7.39. The fourth-order valence-corrected chi connectivity index (χ4v) is 2.42. The van der Waals surface area contributed by atoms with E-state index >= 15 is 0 Å². The Bertz CT molecular complexity index is 750. The van der Waals surface area contributed by atoms with Crippen LogP contribution < -0.4 is 0 Å². The zero-order chi connectivity index (χ0) is 15.5. The Morgan fingerprint density at radius 1 is 1.14 bits per heavy atom. The average Bonchev–Trinajstić information content (AvgIpc) is 2.44. The van der Waals surface area contributed by atoms with Gasteiger partial charge in [-0.25, -0.2) is 8.42 Å². The summed E-state index contributed by atoms with van der Waals surface area (Å²) in [4.78, 5) is 11.9. The monoisotopic (exact) mass is 306 g/mol. The van der Waals surface area contributed by atoms with E-state index in [0.717, 1.165) is 22.6 Å². The first-order valence-corrected chi connectivity index (χ1v) is 8.76. The molecule has 2 rings (SSSR count). The lowest BCUT2D eigenvalue weighted by molar-refractivity contribution is -0.144. The number of carbonyl (C=O) groups is 1. The van der Waals surface area contributed by atoms with Crippen LogP contribution in [0.4, 0.5) is 0 Å². The van der Waals surface area contributed by atoms with Crippen LogP contribution in [-0.2, 0) is 19.4 Å². The van der Waals surface area contributed by atoms with Crippen molar-refractivity contribution in [1.82, 2.24) is 0 Å². The van der Waals surface area contributed by atoms with Crippen LogP contribution in [0, 0.1) is 0 Å². The molecule has 112 valence electrons. The third-order valence-corrected chi connectivity index (χ3v) is 4.23. The lowest BCUT2D eigenvalue weighted by Gasteiger charge is -2.12. The third-order valence-electron chi connectivity index (χ3n) is 3.33. The number of ether oxygens (including phenoxy) is 1. The summed E-state index contributed by atoms with van der Waals surface area (Å²) in [6.07, 6.45) is 1.12. The lowest BCUT2D eigenvalue weighted by Crippen LogP contribution is -2.18. The lowest BCUT2D eigenvalue weighted by atomic mass is 9.98. The summed E-state index contributed by atoms with van der Waals surface area (Å²) in [6.45, 7) is 1.66. The molecule has 0 heterocycles. The molecule has 0 N–H and O–H groups in total. The molecule has 0 aliphatic carbocycles. The van der Waals surface area contributed by atoms with Crippen LogP contribution in [0.25, 0.3) is 10.8 Å². The molecule has 0 radical (unpaired) electrons. The SMILES string of the molecule is CC(C(=O)OCCS(C)(=O)=O)c1ccc2ccccc2c1. The predicted molar refractivity (Wildman–Crippen MR) is 83.0 cm³/mol. The zero-order valence-electron chi connectivity index (χ0n) is 12.1. The fraction of sp³-hybridized carbons (Fsp3) is 0.312. The van der Waals surface area contributed by atoms with Crippen LogP contribution in [0.1, 0.15) is 18.4 Å². The van der Waals surface area contributed by atoms with Crippen molar-refractivity contribution < 1.29 is 17.9 Å². The number of fused-ring (bicyclic) bond motifs is 1. The molecule has 0 amide bonds. The number of carbonyl (C=O) groups excluding carboxylic acids is 1. The van der Waals surface area contributed by atoms with Gasteiger partial charge in [0.15, 0.2) is 9.84 Å². The van der Waals surface area contributed by atoms with Gasteiger partial charge in [-0.2, -0.15) is 0 Å². The molecule has 21 heavy (non-hydrogen) atoms. The van der Waals surface area contributed by atoms with Crippen LogP contribution in [0.2, 0.25) is 0 Å². The van der Waals surface area contributed by atoms with Crippen LogP contribution in [0.3, 0.4) is 0 Å². The normalized spacial score (nSPS) is 13.0. The van der Waals surface area contributed by atoms with Crippen molar-refractivity contribution in [2.45, 2.75) is 12.8 Å². The summed E-state index contributed by atoms with van der Waals surface area (Å²) >= 11 is 0. The van der Waals surface area contributed by atoms with E-state index in [4.69, 9.17) is 4.74 Å². The van der Waals surface area contributed by atoms with Gasteiger partial charge in [0.1, 0.15) is 6.61 Å². The van der Waals surface area contributed by atoms with E-state index in [-0.39, 0.29) is 12.4 Å². The predicted octanol–water partition coefficient (Wildman–Crippen LogP) is 2.53.